The number of amides is 1. The molecule has 0 radical (unpaired) electrons. The number of hydrogen-bond donors (Lipinski definition) is 3. The lowest BCUT2D eigenvalue weighted by Gasteiger charge is -2.06. The van der Waals surface area contributed by atoms with Crippen LogP contribution in [0, 0.1) is 5.82 Å². The van der Waals surface area contributed by atoms with Crippen molar-refractivity contribution in [3.05, 3.63) is 85.1 Å². The quantitative estimate of drug-likeness (QED) is 0.271. The number of halogens is 1. The second kappa shape index (κ2) is 8.74. The number of H-pyrrole nitrogens is 2. The largest absolute Gasteiger partial charge is 0.353 e. The number of aromatic amines is 2. The molecule has 0 spiro atoms. The number of anilines is 1. The summed E-state index contributed by atoms with van der Waals surface area (Å²) in [5.74, 6) is -0.367. The van der Waals surface area contributed by atoms with Crippen molar-refractivity contribution in [2.45, 2.75) is 13.3 Å². The first-order valence-corrected chi connectivity index (χ1v) is 11.6. The summed E-state index contributed by atoms with van der Waals surface area (Å²) in [7, 11) is 0. The fourth-order valence-corrected chi connectivity index (χ4v) is 4.36. The number of aromatic nitrogens is 5. The van der Waals surface area contributed by atoms with Gasteiger partial charge in [0.1, 0.15) is 11.5 Å². The first-order valence-electron chi connectivity index (χ1n) is 11.6. The predicted molar refractivity (Wildman–Crippen MR) is 139 cm³/mol. The Morgan fingerprint density at radius 2 is 1.81 bits per heavy atom. The van der Waals surface area contributed by atoms with Crippen LogP contribution in [-0.4, -0.2) is 31.1 Å². The topological polar surface area (TPSA) is 99.3 Å². The van der Waals surface area contributed by atoms with Crippen LogP contribution in [-0.2, 0) is 4.79 Å². The molecule has 3 N–H and O–H groups in total. The van der Waals surface area contributed by atoms with E-state index >= 15 is 0 Å². The van der Waals surface area contributed by atoms with Crippen LogP contribution in [0.25, 0.3) is 55.6 Å². The van der Waals surface area contributed by atoms with Gasteiger partial charge in [-0.2, -0.15) is 5.10 Å². The number of fused-ring (bicyclic) bond motifs is 2. The first-order chi connectivity index (χ1) is 17.6. The van der Waals surface area contributed by atoms with Crippen molar-refractivity contribution in [2.24, 2.45) is 0 Å². The average molecular weight is 477 g/mol. The van der Waals surface area contributed by atoms with Crippen LogP contribution in [0.5, 0.6) is 0 Å². The zero-order valence-electron chi connectivity index (χ0n) is 19.3. The molecule has 6 rings (SSSR count). The van der Waals surface area contributed by atoms with Gasteiger partial charge in [0.05, 0.1) is 28.8 Å². The molecule has 176 valence electrons. The fraction of sp³-hybridized carbons (Fsp3) is 0.0714. The molecule has 0 aliphatic carbocycles. The van der Waals surface area contributed by atoms with Crippen LogP contribution in [0.1, 0.15) is 13.3 Å². The second-order valence-electron chi connectivity index (χ2n) is 8.51. The van der Waals surface area contributed by atoms with Gasteiger partial charge in [-0.1, -0.05) is 25.1 Å². The molecular formula is C28H21FN6O. The molecule has 7 nitrogen and oxygen atoms in total. The molecule has 0 unspecified atom stereocenters. The number of carbonyl (C=O) groups excluding carboxylic acids is 1. The highest BCUT2D eigenvalue weighted by Gasteiger charge is 2.15. The van der Waals surface area contributed by atoms with Gasteiger partial charge in [-0.3, -0.25) is 19.9 Å². The summed E-state index contributed by atoms with van der Waals surface area (Å²) in [5.41, 5.74) is 7.25. The van der Waals surface area contributed by atoms with Gasteiger partial charge in [-0.15, -0.1) is 0 Å². The van der Waals surface area contributed by atoms with Crippen molar-refractivity contribution in [3.63, 3.8) is 0 Å². The van der Waals surface area contributed by atoms with Gasteiger partial charge in [0.15, 0.2) is 0 Å². The molecule has 2 aromatic carbocycles. The van der Waals surface area contributed by atoms with Crippen molar-refractivity contribution in [2.75, 3.05) is 5.32 Å². The Balaban J connectivity index is 1.43. The van der Waals surface area contributed by atoms with Crippen LogP contribution in [0.3, 0.4) is 0 Å². The standard InChI is InChI=1S/C28H21FN6O/c1-2-26(36)32-20-11-18(14-30-15-20)16-6-7-24-21(12-16)28(35-34-24)25-13-22-23(33-25)8-9-31-27(22)17-4-3-5-19(29)10-17/h3-15,33H,2H2,1H3,(H,32,36)(H,34,35). The highest BCUT2D eigenvalue weighted by atomic mass is 19.1. The molecule has 36 heavy (non-hydrogen) atoms. The van der Waals surface area contributed by atoms with E-state index in [1.54, 1.807) is 24.7 Å². The third kappa shape index (κ3) is 3.88. The van der Waals surface area contributed by atoms with Crippen molar-refractivity contribution < 1.29 is 9.18 Å². The number of carbonyl (C=O) groups is 1. The Morgan fingerprint density at radius 3 is 2.67 bits per heavy atom. The minimum absolute atomic E-state index is 0.0626. The second-order valence-corrected chi connectivity index (χ2v) is 8.51. The smallest absolute Gasteiger partial charge is 0.224 e. The molecule has 0 aliphatic rings. The zero-order valence-corrected chi connectivity index (χ0v) is 19.3. The maximum atomic E-state index is 13.9. The maximum Gasteiger partial charge on any atom is 0.224 e. The molecule has 0 fully saturated rings. The molecule has 4 aromatic heterocycles. The zero-order chi connectivity index (χ0) is 24.6. The average Bonchev–Trinajstić information content (AvgIpc) is 3.52. The molecule has 4 heterocycles. The third-order valence-electron chi connectivity index (χ3n) is 6.14. The molecule has 6 aromatic rings. The molecule has 0 aliphatic heterocycles. The highest BCUT2D eigenvalue weighted by molar-refractivity contribution is 6.01. The summed E-state index contributed by atoms with van der Waals surface area (Å²) >= 11 is 0. The Bertz CT molecular complexity index is 1750. The molecule has 8 heteroatoms. The first kappa shape index (κ1) is 21.7. The Morgan fingerprint density at radius 1 is 0.917 bits per heavy atom. The van der Waals surface area contributed by atoms with E-state index in [4.69, 9.17) is 0 Å². The van der Waals surface area contributed by atoms with E-state index in [9.17, 15) is 9.18 Å². The van der Waals surface area contributed by atoms with Crippen LogP contribution in [0.2, 0.25) is 0 Å². The lowest BCUT2D eigenvalue weighted by Crippen LogP contribution is -2.09. The summed E-state index contributed by atoms with van der Waals surface area (Å²) in [6.07, 6.45) is 5.51. The predicted octanol–water partition coefficient (Wildman–Crippen LogP) is 6.32. The summed E-state index contributed by atoms with van der Waals surface area (Å²) < 4.78 is 13.9. The van der Waals surface area contributed by atoms with Crippen LogP contribution < -0.4 is 5.32 Å². The molecular weight excluding hydrogens is 455 g/mol. The molecule has 0 saturated heterocycles. The number of benzene rings is 2. The van der Waals surface area contributed by atoms with Crippen LogP contribution in [0.4, 0.5) is 10.1 Å². The van der Waals surface area contributed by atoms with Gasteiger partial charge < -0.3 is 10.3 Å². The lowest BCUT2D eigenvalue weighted by molar-refractivity contribution is -0.115. The van der Waals surface area contributed by atoms with Gasteiger partial charge in [0, 0.05) is 46.2 Å². The summed E-state index contributed by atoms with van der Waals surface area (Å²) in [6, 6.07) is 18.2. The van der Waals surface area contributed by atoms with Crippen molar-refractivity contribution in [1.82, 2.24) is 25.1 Å². The third-order valence-corrected chi connectivity index (χ3v) is 6.14. The minimum atomic E-state index is -0.305. The number of nitrogens with one attached hydrogen (secondary N) is 3. The van der Waals surface area contributed by atoms with Gasteiger partial charge in [0.2, 0.25) is 5.91 Å². The van der Waals surface area contributed by atoms with E-state index in [1.807, 2.05) is 49.4 Å². The van der Waals surface area contributed by atoms with Crippen LogP contribution in [0.15, 0.2) is 79.3 Å². The monoisotopic (exact) mass is 476 g/mol. The van der Waals surface area contributed by atoms with E-state index in [0.717, 1.165) is 44.3 Å². The van der Waals surface area contributed by atoms with E-state index < -0.39 is 0 Å². The maximum absolute atomic E-state index is 13.9. The van der Waals surface area contributed by atoms with Crippen molar-refractivity contribution >= 4 is 33.4 Å². The van der Waals surface area contributed by atoms with Gasteiger partial charge in [-0.05, 0) is 48.0 Å². The van der Waals surface area contributed by atoms with Crippen molar-refractivity contribution in [3.8, 4) is 33.8 Å². The SMILES string of the molecule is CCC(=O)Nc1cncc(-c2ccc3[nH]nc(-c4cc5c(-c6cccc(F)c6)nccc5[nH]4)c3c2)c1. The number of hydrogen-bond acceptors (Lipinski definition) is 4. The summed E-state index contributed by atoms with van der Waals surface area (Å²) in [6.45, 7) is 1.81. The van der Waals surface area contributed by atoms with E-state index in [-0.39, 0.29) is 11.7 Å². The number of pyridine rings is 2. The molecule has 0 saturated carbocycles. The van der Waals surface area contributed by atoms with Gasteiger partial charge >= 0.3 is 0 Å². The summed E-state index contributed by atoms with van der Waals surface area (Å²) in [4.78, 5) is 24.0. The molecule has 1 amide bonds. The summed E-state index contributed by atoms with van der Waals surface area (Å²) in [5, 5.41) is 12.3. The Hall–Kier alpha value is -4.85. The normalized spacial score (nSPS) is 11.3. The van der Waals surface area contributed by atoms with E-state index in [1.165, 1.54) is 12.1 Å². The van der Waals surface area contributed by atoms with E-state index in [2.05, 4.69) is 30.5 Å². The fourth-order valence-electron chi connectivity index (χ4n) is 4.36. The number of rotatable bonds is 5. The highest BCUT2D eigenvalue weighted by Crippen LogP contribution is 2.34. The number of nitrogens with zero attached hydrogens (tertiary/aromatic N) is 3. The van der Waals surface area contributed by atoms with E-state index in [0.29, 0.717) is 23.4 Å². The molecule has 0 atom stereocenters. The van der Waals surface area contributed by atoms with Gasteiger partial charge in [0.25, 0.3) is 0 Å². The van der Waals surface area contributed by atoms with Gasteiger partial charge in [-0.25, -0.2) is 4.39 Å². The van der Waals surface area contributed by atoms with Crippen LogP contribution >= 0.6 is 0 Å². The van der Waals surface area contributed by atoms with Crippen molar-refractivity contribution in [1.29, 1.82) is 0 Å². The molecule has 0 bridgehead atoms. The Labute approximate surface area is 205 Å². The lowest BCUT2D eigenvalue weighted by atomic mass is 10.0. The minimum Gasteiger partial charge on any atom is -0.353 e. The Kier molecular flexibility index (Phi) is 5.26.